The molecule has 0 fully saturated rings. The second-order valence-corrected chi connectivity index (χ2v) is 15.3. The highest BCUT2D eigenvalue weighted by atomic mass is 15.1. The molecule has 0 aliphatic carbocycles. The minimum absolute atomic E-state index is 1.10. The lowest BCUT2D eigenvalue weighted by Gasteiger charge is -2.27. The third-order valence-electron chi connectivity index (χ3n) is 11.8. The number of hydrogen-bond donors (Lipinski definition) is 0. The molecule has 1 aromatic heterocycles. The Bertz CT molecular complexity index is 3280. The van der Waals surface area contributed by atoms with Gasteiger partial charge >= 0.3 is 0 Å². The molecule has 0 saturated carbocycles. The predicted octanol–water partition coefficient (Wildman–Crippen LogP) is 16.1. The molecule has 0 amide bonds. The van der Waals surface area contributed by atoms with Gasteiger partial charge < -0.3 is 9.47 Å². The van der Waals surface area contributed by atoms with Crippen molar-refractivity contribution in [2.45, 2.75) is 0 Å². The first-order chi connectivity index (χ1) is 29.8. The van der Waals surface area contributed by atoms with Gasteiger partial charge in [-0.15, -0.1) is 0 Å². The van der Waals surface area contributed by atoms with Gasteiger partial charge in [-0.05, 0) is 104 Å². The second-order valence-electron chi connectivity index (χ2n) is 15.3. The van der Waals surface area contributed by atoms with Gasteiger partial charge in [0.05, 0.1) is 16.7 Å². The summed E-state index contributed by atoms with van der Waals surface area (Å²) >= 11 is 0. The smallest absolute Gasteiger partial charge is 0.0547 e. The highest BCUT2D eigenvalue weighted by Crippen LogP contribution is 2.43. The summed E-state index contributed by atoms with van der Waals surface area (Å²) in [5.41, 5.74) is 16.4. The first-order valence-corrected chi connectivity index (χ1v) is 20.6. The average molecular weight is 765 g/mol. The van der Waals surface area contributed by atoms with Crippen molar-refractivity contribution in [2.75, 3.05) is 4.90 Å². The predicted molar refractivity (Wildman–Crippen MR) is 255 cm³/mol. The zero-order chi connectivity index (χ0) is 39.8. The van der Waals surface area contributed by atoms with Crippen molar-refractivity contribution < 1.29 is 0 Å². The maximum Gasteiger partial charge on any atom is 0.0547 e. The van der Waals surface area contributed by atoms with Crippen molar-refractivity contribution in [3.05, 3.63) is 243 Å². The van der Waals surface area contributed by atoms with Crippen molar-refractivity contribution in [1.29, 1.82) is 0 Å². The molecule has 10 aromatic carbocycles. The average Bonchev–Trinajstić information content (AvgIpc) is 3.66. The Hall–Kier alpha value is -7.94. The van der Waals surface area contributed by atoms with Crippen LogP contribution in [-0.2, 0) is 0 Å². The number of nitrogens with zero attached hydrogens (tertiary/aromatic N) is 2. The van der Waals surface area contributed by atoms with Gasteiger partial charge in [-0.2, -0.15) is 0 Å². The van der Waals surface area contributed by atoms with E-state index in [-0.39, 0.29) is 0 Å². The van der Waals surface area contributed by atoms with E-state index < -0.39 is 0 Å². The maximum absolute atomic E-state index is 2.41. The van der Waals surface area contributed by atoms with Crippen molar-refractivity contribution in [3.63, 3.8) is 0 Å². The number of anilines is 3. The first kappa shape index (κ1) is 35.2. The highest BCUT2D eigenvalue weighted by molar-refractivity contribution is 6.10. The van der Waals surface area contributed by atoms with Crippen molar-refractivity contribution in [1.82, 2.24) is 4.57 Å². The van der Waals surface area contributed by atoms with Crippen molar-refractivity contribution >= 4 is 49.6 Å². The van der Waals surface area contributed by atoms with Crippen LogP contribution in [0.2, 0.25) is 0 Å². The van der Waals surface area contributed by atoms with Gasteiger partial charge in [0, 0.05) is 33.2 Å². The lowest BCUT2D eigenvalue weighted by Crippen LogP contribution is -2.10. The molecule has 0 N–H and O–H groups in total. The van der Waals surface area contributed by atoms with Crippen LogP contribution < -0.4 is 4.90 Å². The molecule has 0 aliphatic rings. The van der Waals surface area contributed by atoms with Gasteiger partial charge in [0.2, 0.25) is 0 Å². The van der Waals surface area contributed by atoms with E-state index in [1.165, 1.54) is 71.5 Å². The van der Waals surface area contributed by atoms with Gasteiger partial charge in [-0.3, -0.25) is 0 Å². The standard InChI is InChI=1S/C58H40N2/c1-3-15-41(16-4-1)43-29-34-48(35-30-43)59(56-28-14-20-45-19-7-8-25-53(45)56)50-22-13-21-46(39-50)51-23-9-10-24-52(51)47-33-38-55-54-26-11-12-27-57(54)60(58(55)40-47)49-36-31-44(32-37-49)42-17-5-2-6-18-42/h1-40H. The summed E-state index contributed by atoms with van der Waals surface area (Å²) in [6.45, 7) is 0. The number of aromatic nitrogens is 1. The van der Waals surface area contributed by atoms with Crippen LogP contribution in [0.3, 0.4) is 0 Å². The normalized spacial score (nSPS) is 11.3. The van der Waals surface area contributed by atoms with Crippen molar-refractivity contribution in [3.8, 4) is 50.2 Å². The second kappa shape index (κ2) is 15.1. The lowest BCUT2D eigenvalue weighted by molar-refractivity contribution is 1.18. The Balaban J connectivity index is 1.03. The largest absolute Gasteiger partial charge is 0.310 e. The molecule has 2 nitrogen and oxygen atoms in total. The van der Waals surface area contributed by atoms with Gasteiger partial charge in [0.15, 0.2) is 0 Å². The number of para-hydroxylation sites is 1. The van der Waals surface area contributed by atoms with E-state index in [2.05, 4.69) is 252 Å². The van der Waals surface area contributed by atoms with Gasteiger partial charge in [0.25, 0.3) is 0 Å². The summed E-state index contributed by atoms with van der Waals surface area (Å²) in [5, 5.41) is 4.90. The highest BCUT2D eigenvalue weighted by Gasteiger charge is 2.19. The molecule has 60 heavy (non-hydrogen) atoms. The molecular weight excluding hydrogens is 725 g/mol. The quantitative estimate of drug-likeness (QED) is 0.150. The number of benzene rings is 10. The molecule has 0 spiro atoms. The summed E-state index contributed by atoms with van der Waals surface area (Å²) in [5.74, 6) is 0. The summed E-state index contributed by atoms with van der Waals surface area (Å²) in [7, 11) is 0. The summed E-state index contributed by atoms with van der Waals surface area (Å²) in [6, 6.07) is 87.9. The van der Waals surface area contributed by atoms with Gasteiger partial charge in [-0.25, -0.2) is 0 Å². The van der Waals surface area contributed by atoms with E-state index >= 15 is 0 Å². The third-order valence-corrected chi connectivity index (χ3v) is 11.8. The first-order valence-electron chi connectivity index (χ1n) is 20.6. The number of rotatable bonds is 8. The topological polar surface area (TPSA) is 8.17 Å². The lowest BCUT2D eigenvalue weighted by atomic mass is 9.93. The molecule has 0 aliphatic heterocycles. The zero-order valence-electron chi connectivity index (χ0n) is 33.0. The summed E-state index contributed by atoms with van der Waals surface area (Å²) in [4.78, 5) is 2.40. The fourth-order valence-electron chi connectivity index (χ4n) is 8.91. The molecule has 11 rings (SSSR count). The molecule has 0 unspecified atom stereocenters. The van der Waals surface area contributed by atoms with Gasteiger partial charge in [-0.1, -0.05) is 188 Å². The van der Waals surface area contributed by atoms with E-state index in [1.807, 2.05) is 0 Å². The summed E-state index contributed by atoms with van der Waals surface area (Å²) in [6.07, 6.45) is 0. The van der Waals surface area contributed by atoms with E-state index in [9.17, 15) is 0 Å². The Morgan fingerprint density at radius 1 is 0.283 bits per heavy atom. The number of hydrogen-bond acceptors (Lipinski definition) is 1. The van der Waals surface area contributed by atoms with E-state index in [1.54, 1.807) is 0 Å². The minimum atomic E-state index is 1.10. The monoisotopic (exact) mass is 764 g/mol. The molecule has 0 radical (unpaired) electrons. The van der Waals surface area contributed by atoms with Gasteiger partial charge in [0.1, 0.15) is 0 Å². The van der Waals surface area contributed by atoms with Crippen LogP contribution in [0, 0.1) is 0 Å². The van der Waals surface area contributed by atoms with Crippen LogP contribution in [0.1, 0.15) is 0 Å². The Morgan fingerprint density at radius 3 is 1.50 bits per heavy atom. The summed E-state index contributed by atoms with van der Waals surface area (Å²) < 4.78 is 2.41. The minimum Gasteiger partial charge on any atom is -0.310 e. The molecule has 11 aromatic rings. The Kier molecular flexibility index (Phi) is 8.87. The van der Waals surface area contributed by atoms with Crippen LogP contribution in [0.4, 0.5) is 17.1 Å². The zero-order valence-corrected chi connectivity index (χ0v) is 33.0. The molecule has 1 heterocycles. The molecule has 282 valence electrons. The number of fused-ring (bicyclic) bond motifs is 4. The molecular formula is C58H40N2. The molecule has 0 atom stereocenters. The van der Waals surface area contributed by atoms with Crippen LogP contribution in [-0.4, -0.2) is 4.57 Å². The van der Waals surface area contributed by atoms with E-state index in [4.69, 9.17) is 0 Å². The fraction of sp³-hybridized carbons (Fsp3) is 0. The molecule has 0 bridgehead atoms. The maximum atomic E-state index is 2.41. The SMILES string of the molecule is c1ccc(-c2ccc(N(c3cccc(-c4ccccc4-c4ccc5c6ccccc6n(-c6ccc(-c7ccccc7)cc6)c5c4)c3)c3cccc4ccccc34)cc2)cc1. The van der Waals surface area contributed by atoms with Crippen LogP contribution in [0.5, 0.6) is 0 Å². The van der Waals surface area contributed by atoms with Crippen molar-refractivity contribution in [2.24, 2.45) is 0 Å². The molecule has 2 heteroatoms. The molecule has 0 saturated heterocycles. The van der Waals surface area contributed by atoms with Crippen LogP contribution in [0.25, 0.3) is 82.8 Å². The van der Waals surface area contributed by atoms with Crippen LogP contribution in [0.15, 0.2) is 243 Å². The fourth-order valence-corrected chi connectivity index (χ4v) is 8.91. The Morgan fingerprint density at radius 2 is 0.783 bits per heavy atom. The van der Waals surface area contributed by atoms with E-state index in [0.29, 0.717) is 0 Å². The third kappa shape index (κ3) is 6.32. The van der Waals surface area contributed by atoms with Crippen LogP contribution >= 0.6 is 0 Å². The Labute approximate surface area is 350 Å². The van der Waals surface area contributed by atoms with E-state index in [0.717, 1.165) is 28.3 Å².